The van der Waals surface area contributed by atoms with Crippen LogP contribution in [0.3, 0.4) is 0 Å². The van der Waals surface area contributed by atoms with Crippen molar-refractivity contribution < 1.29 is 5.11 Å². The van der Waals surface area contributed by atoms with Gasteiger partial charge in [0.05, 0.1) is 12.6 Å². The number of rotatable bonds is 8. The lowest BCUT2D eigenvalue weighted by molar-refractivity contribution is 0.108. The molecule has 0 bridgehead atoms. The quantitative estimate of drug-likeness (QED) is 0.271. The van der Waals surface area contributed by atoms with Gasteiger partial charge in [0.15, 0.2) is 5.96 Å². The molecule has 1 atom stereocenters. The first-order chi connectivity index (χ1) is 14.0. The Kier molecular flexibility index (Phi) is 10.1. The molecule has 1 unspecified atom stereocenters. The molecule has 1 aromatic carbocycles. The Bertz CT molecular complexity index is 794. The molecule has 0 fully saturated rings. The van der Waals surface area contributed by atoms with Gasteiger partial charge < -0.3 is 15.7 Å². The van der Waals surface area contributed by atoms with Crippen LogP contribution < -0.4 is 10.6 Å². The molecule has 1 aliphatic rings. The molecule has 0 saturated heterocycles. The molecule has 1 aliphatic heterocycles. The number of benzene rings is 1. The Morgan fingerprint density at radius 1 is 1.20 bits per heavy atom. The number of aliphatic imine (C=N–C) groups is 1. The van der Waals surface area contributed by atoms with Crippen LogP contribution in [0.25, 0.3) is 0 Å². The summed E-state index contributed by atoms with van der Waals surface area (Å²) in [5.74, 6) is 0.764. The lowest BCUT2D eigenvalue weighted by atomic mass is 9.92. The second-order valence-corrected chi connectivity index (χ2v) is 9.29. The molecular formula is C23H35IN4OS. The molecule has 7 heteroatoms. The summed E-state index contributed by atoms with van der Waals surface area (Å²) >= 11 is 1.77. The number of hydrogen-bond donors (Lipinski definition) is 3. The molecular weight excluding hydrogens is 507 g/mol. The number of thiophene rings is 1. The van der Waals surface area contributed by atoms with E-state index in [9.17, 15) is 5.11 Å². The molecule has 0 saturated carbocycles. The second kappa shape index (κ2) is 12.0. The van der Waals surface area contributed by atoms with Crippen molar-refractivity contribution in [2.24, 2.45) is 4.99 Å². The van der Waals surface area contributed by atoms with Gasteiger partial charge in [-0.25, -0.2) is 0 Å². The second-order valence-electron chi connectivity index (χ2n) is 8.34. The fraction of sp³-hybridized carbons (Fsp3) is 0.522. The Labute approximate surface area is 202 Å². The molecule has 3 N–H and O–H groups in total. The monoisotopic (exact) mass is 542 g/mol. The van der Waals surface area contributed by atoms with Crippen molar-refractivity contribution in [2.75, 3.05) is 32.7 Å². The summed E-state index contributed by atoms with van der Waals surface area (Å²) in [6.07, 6.45) is 0.618. The molecule has 1 aromatic heterocycles. The Morgan fingerprint density at radius 3 is 2.67 bits per heavy atom. The maximum absolute atomic E-state index is 10.6. The summed E-state index contributed by atoms with van der Waals surface area (Å²) in [7, 11) is 0. The number of guanidine groups is 1. The van der Waals surface area contributed by atoms with Gasteiger partial charge in [-0.05, 0) is 35.9 Å². The normalized spacial score (nSPS) is 15.8. The fourth-order valence-corrected chi connectivity index (χ4v) is 4.49. The zero-order valence-corrected chi connectivity index (χ0v) is 21.4. The molecule has 3 rings (SSSR count). The zero-order chi connectivity index (χ0) is 20.7. The van der Waals surface area contributed by atoms with E-state index in [2.05, 4.69) is 78.1 Å². The van der Waals surface area contributed by atoms with Crippen LogP contribution in [0, 0.1) is 0 Å². The fourth-order valence-electron chi connectivity index (χ4n) is 3.65. The van der Waals surface area contributed by atoms with Gasteiger partial charge in [0.25, 0.3) is 0 Å². The third-order valence-electron chi connectivity index (χ3n) is 5.35. The van der Waals surface area contributed by atoms with Gasteiger partial charge in [0, 0.05) is 43.0 Å². The van der Waals surface area contributed by atoms with Gasteiger partial charge in [0.2, 0.25) is 0 Å². The van der Waals surface area contributed by atoms with E-state index in [-0.39, 0.29) is 29.4 Å². The third kappa shape index (κ3) is 7.21. The Balaban J connectivity index is 0.00000320. The third-order valence-corrected chi connectivity index (χ3v) is 6.58. The minimum atomic E-state index is -0.436. The van der Waals surface area contributed by atoms with Crippen LogP contribution in [0.2, 0.25) is 0 Å². The Morgan fingerprint density at radius 2 is 1.97 bits per heavy atom. The van der Waals surface area contributed by atoms with E-state index in [1.807, 2.05) is 0 Å². The van der Waals surface area contributed by atoms with Crippen molar-refractivity contribution in [1.29, 1.82) is 0 Å². The van der Waals surface area contributed by atoms with Gasteiger partial charge in [-0.1, -0.05) is 44.2 Å². The summed E-state index contributed by atoms with van der Waals surface area (Å²) < 4.78 is 0. The van der Waals surface area contributed by atoms with Crippen LogP contribution >= 0.6 is 35.3 Å². The van der Waals surface area contributed by atoms with Gasteiger partial charge >= 0.3 is 0 Å². The average Bonchev–Trinajstić information content (AvgIpc) is 3.26. The minimum absolute atomic E-state index is 0. The van der Waals surface area contributed by atoms with Crippen LogP contribution in [0.15, 0.2) is 46.8 Å². The molecule has 0 spiro atoms. The summed E-state index contributed by atoms with van der Waals surface area (Å²) in [5.41, 5.74) is 2.81. The molecule has 2 heterocycles. The first-order valence-corrected chi connectivity index (χ1v) is 11.4. The van der Waals surface area contributed by atoms with Crippen molar-refractivity contribution in [3.8, 4) is 0 Å². The number of hydrogen-bond acceptors (Lipinski definition) is 4. The molecule has 0 amide bonds. The molecule has 166 valence electrons. The molecule has 2 aromatic rings. The highest BCUT2D eigenvalue weighted by molar-refractivity contribution is 14.0. The molecule has 0 aliphatic carbocycles. The smallest absolute Gasteiger partial charge is 0.191 e. The lowest BCUT2D eigenvalue weighted by Crippen LogP contribution is -2.45. The standard InChI is InChI=1S/C23H34N4OS.HI/c1-4-24-22(26-17-23(2,3)21-10-7-13-29-21)25-14-20(28)16-27-12-11-18-8-5-6-9-19(18)15-27;/h5-10,13,20,28H,4,11-12,14-17H2,1-3H3,(H2,24,25,26);1H. The number of nitrogens with zero attached hydrogens (tertiary/aromatic N) is 2. The highest BCUT2D eigenvalue weighted by Gasteiger charge is 2.22. The van der Waals surface area contributed by atoms with E-state index in [0.717, 1.165) is 32.0 Å². The summed E-state index contributed by atoms with van der Waals surface area (Å²) in [6.45, 7) is 11.1. The van der Waals surface area contributed by atoms with Gasteiger partial charge in [-0.3, -0.25) is 9.89 Å². The van der Waals surface area contributed by atoms with Gasteiger partial charge in [-0.15, -0.1) is 35.3 Å². The maximum Gasteiger partial charge on any atom is 0.191 e. The van der Waals surface area contributed by atoms with E-state index in [1.54, 1.807) is 11.3 Å². The topological polar surface area (TPSA) is 59.9 Å². The van der Waals surface area contributed by atoms with Crippen LogP contribution in [0.5, 0.6) is 0 Å². The molecule has 30 heavy (non-hydrogen) atoms. The molecule has 0 radical (unpaired) electrons. The van der Waals surface area contributed by atoms with Crippen molar-refractivity contribution in [3.05, 3.63) is 57.8 Å². The van der Waals surface area contributed by atoms with E-state index >= 15 is 0 Å². The van der Waals surface area contributed by atoms with Crippen LogP contribution in [0.4, 0.5) is 0 Å². The van der Waals surface area contributed by atoms with Crippen molar-refractivity contribution in [2.45, 2.75) is 45.3 Å². The van der Waals surface area contributed by atoms with E-state index < -0.39 is 6.10 Å². The summed E-state index contributed by atoms with van der Waals surface area (Å²) in [4.78, 5) is 8.43. The number of aliphatic hydroxyl groups is 1. The number of nitrogens with one attached hydrogen (secondary N) is 2. The van der Waals surface area contributed by atoms with E-state index in [0.29, 0.717) is 19.6 Å². The van der Waals surface area contributed by atoms with E-state index in [4.69, 9.17) is 4.99 Å². The van der Waals surface area contributed by atoms with Crippen molar-refractivity contribution in [1.82, 2.24) is 15.5 Å². The van der Waals surface area contributed by atoms with E-state index in [1.165, 1.54) is 16.0 Å². The number of fused-ring (bicyclic) bond motifs is 1. The maximum atomic E-state index is 10.6. The minimum Gasteiger partial charge on any atom is -0.390 e. The van der Waals surface area contributed by atoms with Crippen molar-refractivity contribution in [3.63, 3.8) is 0 Å². The first-order valence-electron chi connectivity index (χ1n) is 10.5. The largest absolute Gasteiger partial charge is 0.390 e. The summed E-state index contributed by atoms with van der Waals surface area (Å²) in [5, 5.41) is 19.3. The van der Waals surface area contributed by atoms with Gasteiger partial charge in [-0.2, -0.15) is 0 Å². The van der Waals surface area contributed by atoms with Crippen molar-refractivity contribution >= 4 is 41.3 Å². The highest BCUT2D eigenvalue weighted by Crippen LogP contribution is 2.27. The summed E-state index contributed by atoms with van der Waals surface area (Å²) in [6, 6.07) is 12.9. The first kappa shape index (κ1) is 25.1. The van der Waals surface area contributed by atoms with Crippen LogP contribution in [0.1, 0.15) is 36.8 Å². The Hall–Kier alpha value is -1.16. The lowest BCUT2D eigenvalue weighted by Gasteiger charge is -2.30. The SMILES string of the molecule is CCNC(=NCC(C)(C)c1cccs1)NCC(O)CN1CCc2ccccc2C1.I. The number of β-amino-alcohol motifs (C(OH)–C–C–N with tert-alkyl or cyclic N) is 1. The predicted octanol–water partition coefficient (Wildman–Crippen LogP) is 3.62. The zero-order valence-electron chi connectivity index (χ0n) is 18.2. The predicted molar refractivity (Wildman–Crippen MR) is 138 cm³/mol. The van der Waals surface area contributed by atoms with Gasteiger partial charge in [0.1, 0.15) is 0 Å². The van der Waals surface area contributed by atoms with Crippen LogP contribution in [-0.4, -0.2) is 54.8 Å². The number of aliphatic hydroxyl groups excluding tert-OH is 1. The number of halogens is 1. The van der Waals surface area contributed by atoms with Crippen LogP contribution in [-0.2, 0) is 18.4 Å². The highest BCUT2D eigenvalue weighted by atomic mass is 127. The molecule has 5 nitrogen and oxygen atoms in total. The average molecular weight is 543 g/mol.